The minimum atomic E-state index is 0.281. The SMILES string of the molecule is Clc1nc(COc2ccc(C=Nc3ccc4ccccc4c3)cc2)nc2sc3c(c12)CCCC3. The van der Waals surface area contributed by atoms with E-state index in [0.29, 0.717) is 11.0 Å². The second kappa shape index (κ2) is 9.16. The second-order valence-electron chi connectivity index (χ2n) is 8.47. The highest BCUT2D eigenvalue weighted by Crippen LogP contribution is 2.38. The molecule has 2 heterocycles. The summed E-state index contributed by atoms with van der Waals surface area (Å²) in [5.74, 6) is 1.37. The van der Waals surface area contributed by atoms with Crippen LogP contribution in [0, 0.1) is 0 Å². The third-order valence-corrected chi connectivity index (χ3v) is 7.62. The molecule has 34 heavy (non-hydrogen) atoms. The molecule has 0 atom stereocenters. The van der Waals surface area contributed by atoms with Crippen LogP contribution in [-0.2, 0) is 19.4 Å². The maximum Gasteiger partial charge on any atom is 0.169 e. The van der Waals surface area contributed by atoms with Gasteiger partial charge in [-0.1, -0.05) is 41.9 Å². The lowest BCUT2D eigenvalue weighted by Crippen LogP contribution is -2.03. The number of aliphatic imine (C=N–C) groups is 1. The Morgan fingerprint density at radius 1 is 0.941 bits per heavy atom. The molecular formula is C28H22ClN3OS. The highest BCUT2D eigenvalue weighted by atomic mass is 35.5. The minimum Gasteiger partial charge on any atom is -0.486 e. The highest BCUT2D eigenvalue weighted by Gasteiger charge is 2.20. The Morgan fingerprint density at radius 3 is 2.65 bits per heavy atom. The van der Waals surface area contributed by atoms with Gasteiger partial charge in [-0.25, -0.2) is 9.97 Å². The van der Waals surface area contributed by atoms with Crippen molar-refractivity contribution in [2.24, 2.45) is 4.99 Å². The molecule has 6 heteroatoms. The molecule has 0 unspecified atom stereocenters. The van der Waals surface area contributed by atoms with Crippen molar-refractivity contribution < 1.29 is 4.74 Å². The number of hydrogen-bond acceptors (Lipinski definition) is 5. The van der Waals surface area contributed by atoms with E-state index in [4.69, 9.17) is 21.3 Å². The quantitative estimate of drug-likeness (QED) is 0.190. The fraction of sp³-hybridized carbons (Fsp3) is 0.179. The van der Waals surface area contributed by atoms with E-state index in [9.17, 15) is 0 Å². The van der Waals surface area contributed by atoms with Crippen molar-refractivity contribution in [3.63, 3.8) is 0 Å². The van der Waals surface area contributed by atoms with Crippen LogP contribution in [0.1, 0.15) is 34.7 Å². The first-order valence-corrected chi connectivity index (χ1v) is 12.6. The average Bonchev–Trinajstić information content (AvgIpc) is 3.26. The predicted molar refractivity (Wildman–Crippen MR) is 141 cm³/mol. The van der Waals surface area contributed by atoms with Gasteiger partial charge in [0.05, 0.1) is 11.1 Å². The zero-order chi connectivity index (χ0) is 22.9. The van der Waals surface area contributed by atoms with E-state index in [1.807, 2.05) is 48.7 Å². The molecule has 0 amide bonds. The predicted octanol–water partition coefficient (Wildman–Crippen LogP) is 7.71. The van der Waals surface area contributed by atoms with Gasteiger partial charge in [0, 0.05) is 11.1 Å². The lowest BCUT2D eigenvalue weighted by molar-refractivity contribution is 0.296. The Hall–Kier alpha value is -3.28. The zero-order valence-electron chi connectivity index (χ0n) is 18.5. The molecule has 1 aliphatic carbocycles. The van der Waals surface area contributed by atoms with Gasteiger partial charge in [-0.05, 0) is 84.0 Å². The number of nitrogens with zero attached hydrogens (tertiary/aromatic N) is 3. The molecule has 0 saturated heterocycles. The van der Waals surface area contributed by atoms with E-state index in [0.717, 1.165) is 40.1 Å². The Kier molecular flexibility index (Phi) is 5.73. The molecule has 168 valence electrons. The van der Waals surface area contributed by atoms with Gasteiger partial charge >= 0.3 is 0 Å². The molecule has 3 aromatic carbocycles. The summed E-state index contributed by atoms with van der Waals surface area (Å²) in [6.45, 7) is 0.281. The average molecular weight is 484 g/mol. The second-order valence-corrected chi connectivity index (χ2v) is 9.91. The molecule has 0 bridgehead atoms. The molecule has 0 aliphatic heterocycles. The number of aromatic nitrogens is 2. The minimum absolute atomic E-state index is 0.281. The number of ether oxygens (including phenoxy) is 1. The van der Waals surface area contributed by atoms with Crippen molar-refractivity contribution >= 4 is 55.8 Å². The fourth-order valence-electron chi connectivity index (χ4n) is 4.42. The Bertz CT molecular complexity index is 1520. The smallest absolute Gasteiger partial charge is 0.169 e. The molecular weight excluding hydrogens is 462 g/mol. The summed E-state index contributed by atoms with van der Waals surface area (Å²) in [6.07, 6.45) is 6.51. The number of rotatable bonds is 5. The van der Waals surface area contributed by atoms with Crippen molar-refractivity contribution in [3.8, 4) is 5.75 Å². The maximum absolute atomic E-state index is 6.55. The van der Waals surface area contributed by atoms with Crippen LogP contribution in [0.5, 0.6) is 5.75 Å². The van der Waals surface area contributed by atoms with Gasteiger partial charge in [0.15, 0.2) is 5.82 Å². The lowest BCUT2D eigenvalue weighted by Gasteiger charge is -2.10. The van der Waals surface area contributed by atoms with Gasteiger partial charge < -0.3 is 4.74 Å². The Balaban J connectivity index is 1.14. The molecule has 0 fully saturated rings. The van der Waals surface area contributed by atoms with Gasteiger partial charge in [0.25, 0.3) is 0 Å². The zero-order valence-corrected chi connectivity index (χ0v) is 20.1. The van der Waals surface area contributed by atoms with Gasteiger partial charge in [0.1, 0.15) is 22.3 Å². The van der Waals surface area contributed by atoms with Crippen LogP contribution in [0.25, 0.3) is 21.0 Å². The van der Waals surface area contributed by atoms with E-state index >= 15 is 0 Å². The first-order chi connectivity index (χ1) is 16.7. The summed E-state index contributed by atoms with van der Waals surface area (Å²) in [4.78, 5) is 16.3. The van der Waals surface area contributed by atoms with Crippen LogP contribution < -0.4 is 4.74 Å². The van der Waals surface area contributed by atoms with Crippen molar-refractivity contribution in [1.82, 2.24) is 9.97 Å². The summed E-state index contributed by atoms with van der Waals surface area (Å²) < 4.78 is 5.94. The van der Waals surface area contributed by atoms with Gasteiger partial charge in [-0.3, -0.25) is 4.99 Å². The normalized spacial score (nSPS) is 13.6. The molecule has 5 aromatic rings. The summed E-state index contributed by atoms with van der Waals surface area (Å²) in [5, 5.41) is 3.98. The van der Waals surface area contributed by atoms with E-state index in [2.05, 4.69) is 34.2 Å². The first kappa shape index (κ1) is 21.3. The topological polar surface area (TPSA) is 47.4 Å². The van der Waals surface area contributed by atoms with Crippen LogP contribution in [0.4, 0.5) is 5.69 Å². The lowest BCUT2D eigenvalue weighted by atomic mass is 9.97. The van der Waals surface area contributed by atoms with Crippen LogP contribution in [-0.4, -0.2) is 16.2 Å². The Morgan fingerprint density at radius 2 is 1.76 bits per heavy atom. The highest BCUT2D eigenvalue weighted by molar-refractivity contribution is 7.19. The van der Waals surface area contributed by atoms with Gasteiger partial charge in [-0.2, -0.15) is 0 Å². The molecule has 0 radical (unpaired) electrons. The maximum atomic E-state index is 6.55. The standard InChI is InChI=1S/C28H22ClN3OS/c29-27-26-23-7-3-4-8-24(23)34-28(26)32-25(31-27)17-33-22-13-9-18(10-14-22)16-30-21-12-11-19-5-1-2-6-20(19)15-21/h1-2,5-6,9-16H,3-4,7-8,17H2. The number of halogens is 1. The summed E-state index contributed by atoms with van der Waals surface area (Å²) >= 11 is 8.30. The van der Waals surface area contributed by atoms with Crippen LogP contribution >= 0.6 is 22.9 Å². The van der Waals surface area contributed by atoms with Gasteiger partial charge in [-0.15, -0.1) is 11.3 Å². The van der Waals surface area contributed by atoms with Gasteiger partial charge in [0.2, 0.25) is 0 Å². The van der Waals surface area contributed by atoms with Crippen LogP contribution in [0.15, 0.2) is 71.7 Å². The molecule has 4 nitrogen and oxygen atoms in total. The Labute approximate surface area is 206 Å². The molecule has 2 aromatic heterocycles. The molecule has 0 saturated carbocycles. The van der Waals surface area contributed by atoms with Crippen LogP contribution in [0.2, 0.25) is 5.15 Å². The van der Waals surface area contributed by atoms with Crippen molar-refractivity contribution in [2.45, 2.75) is 32.3 Å². The number of hydrogen-bond donors (Lipinski definition) is 0. The number of thiophene rings is 1. The largest absolute Gasteiger partial charge is 0.486 e. The van der Waals surface area contributed by atoms with E-state index in [1.54, 1.807) is 11.3 Å². The summed E-state index contributed by atoms with van der Waals surface area (Å²) in [6, 6.07) is 22.4. The van der Waals surface area contributed by atoms with Crippen molar-refractivity contribution in [2.75, 3.05) is 0 Å². The fourth-order valence-corrected chi connectivity index (χ4v) is 6.06. The molecule has 1 aliphatic rings. The van der Waals surface area contributed by atoms with Crippen LogP contribution in [0.3, 0.4) is 0 Å². The number of aryl methyl sites for hydroxylation is 2. The summed E-state index contributed by atoms with van der Waals surface area (Å²) in [7, 11) is 0. The third-order valence-electron chi connectivity index (χ3n) is 6.16. The van der Waals surface area contributed by atoms with Crippen molar-refractivity contribution in [3.05, 3.63) is 93.7 Å². The third kappa shape index (κ3) is 4.29. The number of benzene rings is 3. The molecule has 0 spiro atoms. The van der Waals surface area contributed by atoms with E-state index in [-0.39, 0.29) is 6.61 Å². The first-order valence-electron chi connectivity index (χ1n) is 11.5. The molecule has 0 N–H and O–H groups in total. The monoisotopic (exact) mass is 483 g/mol. The summed E-state index contributed by atoms with van der Waals surface area (Å²) in [5.41, 5.74) is 3.29. The number of fused-ring (bicyclic) bond motifs is 4. The molecule has 6 rings (SSSR count). The van der Waals surface area contributed by atoms with E-state index in [1.165, 1.54) is 34.1 Å². The van der Waals surface area contributed by atoms with E-state index < -0.39 is 0 Å². The van der Waals surface area contributed by atoms with Crippen molar-refractivity contribution in [1.29, 1.82) is 0 Å².